The summed E-state index contributed by atoms with van der Waals surface area (Å²) in [6.45, 7) is 10.4. The number of nitrogens with zero attached hydrogens (tertiary/aromatic N) is 3. The lowest BCUT2D eigenvalue weighted by molar-refractivity contribution is -0.120. The Bertz CT molecular complexity index is 738. The molecule has 2 aliphatic rings. The molecule has 6 heteroatoms. The van der Waals surface area contributed by atoms with Gasteiger partial charge in [-0.15, -0.1) is 0 Å². The van der Waals surface area contributed by atoms with E-state index >= 15 is 0 Å². The fourth-order valence-corrected chi connectivity index (χ4v) is 3.83. The van der Waals surface area contributed by atoms with Crippen molar-refractivity contribution in [2.45, 2.75) is 24.4 Å². The summed E-state index contributed by atoms with van der Waals surface area (Å²) in [5.74, 6) is 0.445. The summed E-state index contributed by atoms with van der Waals surface area (Å²) >= 11 is 6.46. The number of benzene rings is 1. The van der Waals surface area contributed by atoms with Crippen molar-refractivity contribution in [1.29, 1.82) is 0 Å². The van der Waals surface area contributed by atoms with E-state index in [-0.39, 0.29) is 0 Å². The third-order valence-electron chi connectivity index (χ3n) is 4.96. The Morgan fingerprint density at radius 1 is 1.36 bits per heavy atom. The minimum atomic E-state index is -0.401. The van der Waals surface area contributed by atoms with Gasteiger partial charge < -0.3 is 4.74 Å². The molecule has 5 nitrogen and oxygen atoms in total. The quantitative estimate of drug-likeness (QED) is 0.866. The minimum absolute atomic E-state index is 0.401. The molecule has 0 spiro atoms. The molecule has 0 bridgehead atoms. The lowest BCUT2D eigenvalue weighted by atomic mass is 9.87. The van der Waals surface area contributed by atoms with Gasteiger partial charge in [0.1, 0.15) is 13.2 Å². The first-order valence-corrected chi connectivity index (χ1v) is 7.94. The van der Waals surface area contributed by atoms with Crippen LogP contribution in [0.2, 0.25) is 5.02 Å². The molecule has 1 aromatic heterocycles. The summed E-state index contributed by atoms with van der Waals surface area (Å²) in [5.41, 5.74) is 1.83. The standard InChI is InChI=1S/C16H17ClN4O/c1-18-16(9-22-10-16)21-4-2-11(3-5-21)13-7-15-12(6-14(13)17)8-19-20-15/h6-8,11H,2-5,9-10H2,(H,19,20). The van der Waals surface area contributed by atoms with Crippen molar-refractivity contribution in [3.8, 4) is 0 Å². The molecule has 0 amide bonds. The highest BCUT2D eigenvalue weighted by molar-refractivity contribution is 6.32. The van der Waals surface area contributed by atoms with E-state index in [0.29, 0.717) is 19.1 Å². The molecule has 4 rings (SSSR count). The zero-order valence-electron chi connectivity index (χ0n) is 12.2. The number of likely N-dealkylation sites (tertiary alicyclic amines) is 1. The van der Waals surface area contributed by atoms with Crippen molar-refractivity contribution in [3.63, 3.8) is 0 Å². The number of hydrogen-bond donors (Lipinski definition) is 1. The second-order valence-electron chi connectivity index (χ2n) is 6.18. The van der Waals surface area contributed by atoms with E-state index in [2.05, 4.69) is 26.0 Å². The van der Waals surface area contributed by atoms with Crippen LogP contribution in [0.4, 0.5) is 0 Å². The SMILES string of the molecule is [C-]#[N+]C1(N2CCC(c3cc4[nH]ncc4cc3Cl)CC2)COC1. The lowest BCUT2D eigenvalue weighted by Crippen LogP contribution is -2.61. The molecular formula is C16H17ClN4O. The summed E-state index contributed by atoms with van der Waals surface area (Å²) in [4.78, 5) is 6.09. The highest BCUT2D eigenvalue weighted by Crippen LogP contribution is 2.38. The maximum absolute atomic E-state index is 7.44. The highest BCUT2D eigenvalue weighted by Gasteiger charge is 2.52. The van der Waals surface area contributed by atoms with Crippen LogP contribution in [0.1, 0.15) is 24.3 Å². The van der Waals surface area contributed by atoms with Crippen molar-refractivity contribution in [2.75, 3.05) is 26.3 Å². The first kappa shape index (κ1) is 14.0. The van der Waals surface area contributed by atoms with Gasteiger partial charge in [0.2, 0.25) is 0 Å². The topological polar surface area (TPSA) is 45.5 Å². The maximum Gasteiger partial charge on any atom is 0.334 e. The molecule has 0 unspecified atom stereocenters. The number of aromatic nitrogens is 2. The summed E-state index contributed by atoms with van der Waals surface area (Å²) in [5, 5.41) is 8.94. The Morgan fingerprint density at radius 3 is 2.77 bits per heavy atom. The molecule has 2 fully saturated rings. The Balaban J connectivity index is 1.53. The Morgan fingerprint density at radius 2 is 2.14 bits per heavy atom. The van der Waals surface area contributed by atoms with Crippen LogP contribution in [0.15, 0.2) is 18.3 Å². The maximum atomic E-state index is 7.44. The average molecular weight is 317 g/mol. The van der Waals surface area contributed by atoms with E-state index < -0.39 is 5.66 Å². The molecule has 114 valence electrons. The van der Waals surface area contributed by atoms with E-state index in [1.807, 2.05) is 6.07 Å². The third kappa shape index (κ3) is 2.11. The zero-order chi connectivity index (χ0) is 15.2. The lowest BCUT2D eigenvalue weighted by Gasteiger charge is -2.42. The van der Waals surface area contributed by atoms with Gasteiger partial charge in [0.15, 0.2) is 0 Å². The Hall–Kier alpha value is -1.61. The normalized spacial score (nSPS) is 22.4. The molecule has 0 aliphatic carbocycles. The third-order valence-corrected chi connectivity index (χ3v) is 5.28. The number of rotatable bonds is 2. The van der Waals surface area contributed by atoms with Crippen molar-refractivity contribution in [2.24, 2.45) is 0 Å². The zero-order valence-corrected chi connectivity index (χ0v) is 12.9. The van der Waals surface area contributed by atoms with Gasteiger partial charge in [-0.3, -0.25) is 9.94 Å². The molecule has 2 aliphatic heterocycles. The van der Waals surface area contributed by atoms with Gasteiger partial charge in [-0.05, 0) is 36.5 Å². The molecular weight excluding hydrogens is 300 g/mol. The first-order chi connectivity index (χ1) is 10.7. The fourth-order valence-electron chi connectivity index (χ4n) is 3.50. The number of halogens is 1. The predicted molar refractivity (Wildman–Crippen MR) is 84.8 cm³/mol. The highest BCUT2D eigenvalue weighted by atomic mass is 35.5. The number of hydrogen-bond acceptors (Lipinski definition) is 3. The molecule has 3 heterocycles. The van der Waals surface area contributed by atoms with Gasteiger partial charge in [-0.1, -0.05) is 11.6 Å². The van der Waals surface area contributed by atoms with Crippen LogP contribution in [0, 0.1) is 6.57 Å². The molecule has 0 saturated carbocycles. The van der Waals surface area contributed by atoms with Gasteiger partial charge in [0.25, 0.3) is 0 Å². The van der Waals surface area contributed by atoms with Crippen molar-refractivity contribution < 1.29 is 4.74 Å². The van der Waals surface area contributed by atoms with E-state index in [1.54, 1.807) is 6.20 Å². The van der Waals surface area contributed by atoms with Gasteiger partial charge in [0, 0.05) is 23.5 Å². The number of H-pyrrole nitrogens is 1. The second-order valence-corrected chi connectivity index (χ2v) is 6.59. The van der Waals surface area contributed by atoms with E-state index in [1.165, 1.54) is 5.56 Å². The molecule has 2 aromatic rings. The molecule has 2 saturated heterocycles. The summed E-state index contributed by atoms with van der Waals surface area (Å²) in [6.07, 6.45) is 3.84. The minimum Gasteiger partial charge on any atom is -0.361 e. The number of nitrogens with one attached hydrogen (secondary N) is 1. The molecule has 22 heavy (non-hydrogen) atoms. The number of ether oxygens (including phenoxy) is 1. The van der Waals surface area contributed by atoms with Crippen molar-refractivity contribution >= 4 is 22.5 Å². The van der Waals surface area contributed by atoms with Gasteiger partial charge in [-0.2, -0.15) is 5.10 Å². The van der Waals surface area contributed by atoms with E-state index in [4.69, 9.17) is 22.9 Å². The molecule has 0 atom stereocenters. The summed E-state index contributed by atoms with van der Waals surface area (Å²) in [6, 6.07) is 4.12. The van der Waals surface area contributed by atoms with Gasteiger partial charge in [0.05, 0.1) is 11.7 Å². The van der Waals surface area contributed by atoms with Crippen LogP contribution in [0.25, 0.3) is 15.7 Å². The predicted octanol–water partition coefficient (Wildman–Crippen LogP) is 3.04. The van der Waals surface area contributed by atoms with Gasteiger partial charge >= 0.3 is 5.66 Å². The van der Waals surface area contributed by atoms with Crippen molar-refractivity contribution in [1.82, 2.24) is 15.1 Å². The summed E-state index contributed by atoms with van der Waals surface area (Å²) in [7, 11) is 0. The monoisotopic (exact) mass is 316 g/mol. The Kier molecular flexibility index (Phi) is 3.33. The van der Waals surface area contributed by atoms with Crippen LogP contribution in [0.5, 0.6) is 0 Å². The van der Waals surface area contributed by atoms with Crippen LogP contribution < -0.4 is 0 Å². The number of piperidine rings is 1. The molecule has 1 aromatic carbocycles. The summed E-state index contributed by atoms with van der Waals surface area (Å²) < 4.78 is 5.26. The largest absolute Gasteiger partial charge is 0.361 e. The molecule has 1 N–H and O–H groups in total. The van der Waals surface area contributed by atoms with E-state index in [0.717, 1.165) is 41.9 Å². The second kappa shape index (κ2) is 5.24. The average Bonchev–Trinajstić information content (AvgIpc) is 2.94. The number of aromatic amines is 1. The van der Waals surface area contributed by atoms with Crippen LogP contribution in [0.3, 0.4) is 0 Å². The number of fused-ring (bicyclic) bond motifs is 1. The van der Waals surface area contributed by atoms with Crippen LogP contribution in [-0.2, 0) is 4.74 Å². The van der Waals surface area contributed by atoms with E-state index in [9.17, 15) is 0 Å². The molecule has 0 radical (unpaired) electrons. The first-order valence-electron chi connectivity index (χ1n) is 7.56. The van der Waals surface area contributed by atoms with Crippen molar-refractivity contribution in [3.05, 3.63) is 40.3 Å². The smallest absolute Gasteiger partial charge is 0.334 e. The fraction of sp³-hybridized carbons (Fsp3) is 0.500. The van der Waals surface area contributed by atoms with Crippen LogP contribution >= 0.6 is 11.6 Å². The Labute approximate surface area is 134 Å². The van der Waals surface area contributed by atoms with Gasteiger partial charge in [-0.25, -0.2) is 11.5 Å². The van der Waals surface area contributed by atoms with Crippen LogP contribution in [-0.4, -0.2) is 47.1 Å².